The van der Waals surface area contributed by atoms with E-state index < -0.39 is 0 Å². The summed E-state index contributed by atoms with van der Waals surface area (Å²) in [6.07, 6.45) is 1.85. The number of hydrogen-bond acceptors (Lipinski definition) is 3. The van der Waals surface area contributed by atoms with Crippen molar-refractivity contribution in [3.63, 3.8) is 0 Å². The van der Waals surface area contributed by atoms with E-state index in [2.05, 4.69) is 133 Å². The van der Waals surface area contributed by atoms with E-state index in [-0.39, 0.29) is 5.75 Å². The Bertz CT molecular complexity index is 2470. The van der Waals surface area contributed by atoms with Gasteiger partial charge in [0.2, 0.25) is 0 Å². The van der Waals surface area contributed by atoms with Crippen molar-refractivity contribution in [1.29, 1.82) is 0 Å². The largest absolute Gasteiger partial charge is 0.504 e. The van der Waals surface area contributed by atoms with Crippen LogP contribution >= 0.6 is 0 Å². The van der Waals surface area contributed by atoms with Crippen LogP contribution in [0.5, 0.6) is 5.75 Å². The van der Waals surface area contributed by atoms with Gasteiger partial charge in [-0.3, -0.25) is 0 Å². The summed E-state index contributed by atoms with van der Waals surface area (Å²) in [5.41, 5.74) is 10.2. The fourth-order valence-corrected chi connectivity index (χ4v) is 6.74. The summed E-state index contributed by atoms with van der Waals surface area (Å²) < 4.78 is 1.71. The molecule has 226 valence electrons. The van der Waals surface area contributed by atoms with Crippen molar-refractivity contribution in [2.24, 2.45) is 0 Å². The summed E-state index contributed by atoms with van der Waals surface area (Å²) in [6.45, 7) is 0. The van der Waals surface area contributed by atoms with Gasteiger partial charge in [-0.25, -0.2) is 9.50 Å². The number of rotatable bonds is 5. The maximum Gasteiger partial charge on any atom is 0.169 e. The van der Waals surface area contributed by atoms with E-state index >= 15 is 0 Å². The van der Waals surface area contributed by atoms with E-state index in [0.29, 0.717) is 11.2 Å². The van der Waals surface area contributed by atoms with Crippen molar-refractivity contribution in [2.75, 3.05) is 0 Å². The predicted molar refractivity (Wildman–Crippen MR) is 197 cm³/mol. The molecular formula is C44H29N3O. The number of aromatic hydroxyl groups is 1. The monoisotopic (exact) mass is 615 g/mol. The first-order chi connectivity index (χ1) is 23.7. The van der Waals surface area contributed by atoms with E-state index in [4.69, 9.17) is 10.1 Å². The lowest BCUT2D eigenvalue weighted by molar-refractivity contribution is 0.483. The Labute approximate surface area is 277 Å². The molecule has 1 N–H and O–H groups in total. The van der Waals surface area contributed by atoms with Gasteiger partial charge < -0.3 is 5.11 Å². The van der Waals surface area contributed by atoms with Crippen LogP contribution in [0.1, 0.15) is 0 Å². The van der Waals surface area contributed by atoms with E-state index in [9.17, 15) is 5.11 Å². The molecule has 3 heterocycles. The first-order valence-corrected chi connectivity index (χ1v) is 16.1. The van der Waals surface area contributed by atoms with Crippen LogP contribution in [-0.4, -0.2) is 19.7 Å². The highest BCUT2D eigenvalue weighted by Gasteiger charge is 2.17. The van der Waals surface area contributed by atoms with Crippen molar-refractivity contribution in [3.8, 4) is 61.8 Å². The van der Waals surface area contributed by atoms with Crippen LogP contribution in [0.3, 0.4) is 0 Å². The Morgan fingerprint density at radius 2 is 0.917 bits per heavy atom. The number of nitrogens with zero attached hydrogens (tertiary/aromatic N) is 3. The third kappa shape index (κ3) is 4.79. The summed E-state index contributed by atoms with van der Waals surface area (Å²) in [7, 11) is 0. The lowest BCUT2D eigenvalue weighted by Gasteiger charge is -2.12. The molecule has 4 nitrogen and oxygen atoms in total. The van der Waals surface area contributed by atoms with Crippen molar-refractivity contribution < 1.29 is 5.11 Å². The number of benzene rings is 6. The van der Waals surface area contributed by atoms with Crippen LogP contribution in [0.4, 0.5) is 0 Å². The molecule has 0 saturated heterocycles. The lowest BCUT2D eigenvalue weighted by Crippen LogP contribution is -1.93. The van der Waals surface area contributed by atoms with E-state index in [1.165, 1.54) is 32.7 Å². The molecule has 0 aliphatic carbocycles. The summed E-state index contributed by atoms with van der Waals surface area (Å²) in [4.78, 5) is 5.17. The maximum absolute atomic E-state index is 11.3. The van der Waals surface area contributed by atoms with Gasteiger partial charge in [-0.05, 0) is 68.1 Å². The minimum atomic E-state index is 0.149. The molecule has 0 unspecified atom stereocenters. The minimum Gasteiger partial charge on any atom is -0.504 e. The average molecular weight is 616 g/mol. The van der Waals surface area contributed by atoms with Gasteiger partial charge in [-0.1, -0.05) is 140 Å². The topological polar surface area (TPSA) is 50.4 Å². The maximum atomic E-state index is 11.3. The Hall–Kier alpha value is -6.52. The summed E-state index contributed by atoms with van der Waals surface area (Å²) in [5, 5.41) is 20.9. The molecule has 0 radical (unpaired) electrons. The Kier molecular flexibility index (Phi) is 6.58. The standard InChI is InChI=1S/C44H29N3O/c48-44-42-17-5-6-26-47(42)46-43(44)35-27-40(33-22-18-31(19-23-33)38-15-7-11-29-9-1-3-13-36(29)38)45-41(28-35)34-24-20-32(21-25-34)39-16-8-12-30-10-2-4-14-37(30)39/h1-28,48H. The van der Waals surface area contributed by atoms with E-state index in [1.54, 1.807) is 4.52 Å². The van der Waals surface area contributed by atoms with Crippen LogP contribution in [0, 0.1) is 0 Å². The fraction of sp³-hybridized carbons (Fsp3) is 0. The van der Waals surface area contributed by atoms with Crippen LogP contribution in [-0.2, 0) is 0 Å². The Balaban J connectivity index is 1.16. The molecule has 9 aromatic rings. The van der Waals surface area contributed by atoms with Gasteiger partial charge in [-0.15, -0.1) is 0 Å². The van der Waals surface area contributed by atoms with Gasteiger partial charge in [0.05, 0.1) is 11.4 Å². The first-order valence-electron chi connectivity index (χ1n) is 16.1. The smallest absolute Gasteiger partial charge is 0.169 e. The molecule has 0 atom stereocenters. The quantitative estimate of drug-likeness (QED) is 0.210. The number of hydrogen-bond donors (Lipinski definition) is 1. The number of aromatic nitrogens is 3. The van der Waals surface area contributed by atoms with E-state index in [0.717, 1.165) is 39.2 Å². The van der Waals surface area contributed by atoms with Crippen LogP contribution in [0.2, 0.25) is 0 Å². The van der Waals surface area contributed by atoms with Gasteiger partial charge in [0, 0.05) is 22.9 Å². The Morgan fingerprint density at radius 3 is 1.46 bits per heavy atom. The zero-order valence-electron chi connectivity index (χ0n) is 26.0. The fourth-order valence-electron chi connectivity index (χ4n) is 6.74. The molecule has 0 aliphatic heterocycles. The second kappa shape index (κ2) is 11.4. The predicted octanol–water partition coefficient (Wildman–Crippen LogP) is 11.1. The van der Waals surface area contributed by atoms with Gasteiger partial charge >= 0.3 is 0 Å². The molecular weight excluding hydrogens is 587 g/mol. The number of pyridine rings is 2. The molecule has 4 heteroatoms. The second-order valence-electron chi connectivity index (χ2n) is 12.1. The molecule has 0 amide bonds. The molecule has 0 saturated carbocycles. The van der Waals surface area contributed by atoms with Gasteiger partial charge in [-0.2, -0.15) is 5.10 Å². The van der Waals surface area contributed by atoms with Crippen molar-refractivity contribution in [3.05, 3.63) is 170 Å². The molecule has 3 aromatic heterocycles. The third-order valence-corrected chi connectivity index (χ3v) is 9.18. The van der Waals surface area contributed by atoms with Crippen LogP contribution < -0.4 is 0 Å². The normalized spacial score (nSPS) is 11.4. The average Bonchev–Trinajstić information content (AvgIpc) is 3.50. The van der Waals surface area contributed by atoms with Crippen molar-refractivity contribution >= 4 is 27.1 Å². The molecule has 9 rings (SSSR count). The molecule has 0 aliphatic rings. The highest BCUT2D eigenvalue weighted by molar-refractivity contribution is 5.98. The molecule has 0 bridgehead atoms. The molecule has 48 heavy (non-hydrogen) atoms. The summed E-state index contributed by atoms with van der Waals surface area (Å²) in [5.74, 6) is 0.149. The number of fused-ring (bicyclic) bond motifs is 3. The van der Waals surface area contributed by atoms with Crippen LogP contribution in [0.25, 0.3) is 83.1 Å². The van der Waals surface area contributed by atoms with Crippen molar-refractivity contribution in [2.45, 2.75) is 0 Å². The highest BCUT2D eigenvalue weighted by Crippen LogP contribution is 2.38. The van der Waals surface area contributed by atoms with Gasteiger partial charge in [0.1, 0.15) is 11.2 Å². The van der Waals surface area contributed by atoms with Crippen molar-refractivity contribution in [1.82, 2.24) is 14.6 Å². The third-order valence-electron chi connectivity index (χ3n) is 9.18. The van der Waals surface area contributed by atoms with Crippen LogP contribution in [0.15, 0.2) is 170 Å². The lowest BCUT2D eigenvalue weighted by atomic mass is 9.96. The minimum absolute atomic E-state index is 0.149. The summed E-state index contributed by atoms with van der Waals surface area (Å²) in [6, 6.07) is 56.6. The second-order valence-corrected chi connectivity index (χ2v) is 12.1. The summed E-state index contributed by atoms with van der Waals surface area (Å²) >= 11 is 0. The molecule has 6 aromatic carbocycles. The van der Waals surface area contributed by atoms with E-state index in [1.807, 2.05) is 36.5 Å². The zero-order chi connectivity index (χ0) is 32.0. The first kappa shape index (κ1) is 27.8. The molecule has 0 spiro atoms. The van der Waals surface area contributed by atoms with Gasteiger partial charge in [0.15, 0.2) is 5.75 Å². The SMILES string of the molecule is Oc1c(-c2cc(-c3ccc(-c4cccc5ccccc45)cc3)nc(-c3ccc(-c4cccc5ccccc45)cc3)c2)nn2ccccc12. The van der Waals surface area contributed by atoms with Gasteiger partial charge in [0.25, 0.3) is 0 Å². The highest BCUT2D eigenvalue weighted by atomic mass is 16.3. The Morgan fingerprint density at radius 1 is 0.438 bits per heavy atom. The zero-order valence-corrected chi connectivity index (χ0v) is 26.0. The molecule has 0 fully saturated rings.